The van der Waals surface area contributed by atoms with Crippen LogP contribution in [0.3, 0.4) is 0 Å². The maximum absolute atomic E-state index is 14.2. The summed E-state index contributed by atoms with van der Waals surface area (Å²) in [6.45, 7) is 3.36. The molecule has 37 heavy (non-hydrogen) atoms. The molecule has 5 rings (SSSR count). The molecule has 1 aliphatic carbocycles. The van der Waals surface area contributed by atoms with Gasteiger partial charge in [0.2, 0.25) is 11.7 Å². The van der Waals surface area contributed by atoms with Gasteiger partial charge < -0.3 is 20.1 Å². The zero-order chi connectivity index (χ0) is 27.2. The number of ether oxygens (including phenoxy) is 1. The van der Waals surface area contributed by atoms with Gasteiger partial charge in [0.15, 0.2) is 0 Å². The van der Waals surface area contributed by atoms with Crippen LogP contribution in [0.25, 0.3) is 5.57 Å². The van der Waals surface area contributed by atoms with E-state index in [9.17, 15) is 26.7 Å². The summed E-state index contributed by atoms with van der Waals surface area (Å²) in [5, 5.41) is 9.82. The summed E-state index contributed by atoms with van der Waals surface area (Å²) >= 11 is 0. The monoisotopic (exact) mass is 527 g/mol. The summed E-state index contributed by atoms with van der Waals surface area (Å²) in [5.74, 6) is -5.84. The Bertz CT molecular complexity index is 1270. The molecule has 9 nitrogen and oxygen atoms in total. The Kier molecular flexibility index (Phi) is 6.54. The second kappa shape index (κ2) is 9.23. The van der Waals surface area contributed by atoms with Crippen molar-refractivity contribution in [1.29, 1.82) is 0 Å². The van der Waals surface area contributed by atoms with Gasteiger partial charge in [-0.2, -0.15) is 22.0 Å². The maximum atomic E-state index is 14.2. The fourth-order valence-electron chi connectivity index (χ4n) is 4.09. The van der Waals surface area contributed by atoms with Crippen LogP contribution in [0.2, 0.25) is 0 Å². The first-order valence-corrected chi connectivity index (χ1v) is 11.1. The number of nitrogens with zero attached hydrogens (tertiary/aromatic N) is 4. The molecule has 0 saturated heterocycles. The number of anilines is 3. The average Bonchev–Trinajstić information content (AvgIpc) is 3.23. The van der Waals surface area contributed by atoms with Crippen LogP contribution in [0.4, 0.5) is 39.3 Å². The van der Waals surface area contributed by atoms with Crippen molar-refractivity contribution in [1.82, 2.24) is 15.0 Å². The molecular weight excluding hydrogens is 505 g/mol. The van der Waals surface area contributed by atoms with E-state index in [1.165, 1.54) is 6.92 Å². The first-order valence-electron chi connectivity index (χ1n) is 11.1. The Balaban J connectivity index is 0.000000405. The van der Waals surface area contributed by atoms with Gasteiger partial charge in [-0.3, -0.25) is 4.79 Å². The van der Waals surface area contributed by atoms with Gasteiger partial charge in [-0.05, 0) is 12.8 Å². The summed E-state index contributed by atoms with van der Waals surface area (Å²) in [6, 6.07) is 3.52. The van der Waals surface area contributed by atoms with Crippen LogP contribution in [-0.4, -0.2) is 51.3 Å². The largest absolute Gasteiger partial charge is 0.500 e. The molecule has 0 atom stereocenters. The van der Waals surface area contributed by atoms with Crippen LogP contribution in [0, 0.1) is 0 Å². The second-order valence-electron chi connectivity index (χ2n) is 9.02. The smallest absolute Gasteiger partial charge is 0.490 e. The predicted molar refractivity (Wildman–Crippen MR) is 120 cm³/mol. The van der Waals surface area contributed by atoms with Gasteiger partial charge >= 0.3 is 18.1 Å². The lowest BCUT2D eigenvalue weighted by molar-refractivity contribution is -0.192. The van der Waals surface area contributed by atoms with Crippen molar-refractivity contribution in [3.63, 3.8) is 0 Å². The van der Waals surface area contributed by atoms with Gasteiger partial charge in [-0.15, -0.1) is 0 Å². The fraction of sp³-hybridized carbons (Fsp3) is 0.435. The van der Waals surface area contributed by atoms with E-state index in [2.05, 4.69) is 20.3 Å². The lowest BCUT2D eigenvalue weighted by atomic mass is 10.0. The topological polar surface area (TPSA) is 118 Å². The molecule has 0 bridgehead atoms. The quantitative estimate of drug-likeness (QED) is 0.558. The number of fused-ring (bicyclic) bond motifs is 2. The van der Waals surface area contributed by atoms with E-state index in [0.29, 0.717) is 36.9 Å². The van der Waals surface area contributed by atoms with Crippen molar-refractivity contribution in [3.8, 4) is 0 Å². The highest BCUT2D eigenvalue weighted by atomic mass is 19.4. The van der Waals surface area contributed by atoms with Crippen LogP contribution in [0.15, 0.2) is 24.6 Å². The normalized spacial score (nSPS) is 17.4. The summed E-state index contributed by atoms with van der Waals surface area (Å²) in [6.07, 6.45) is 0.889. The van der Waals surface area contributed by atoms with E-state index in [0.717, 1.165) is 36.6 Å². The van der Waals surface area contributed by atoms with Crippen LogP contribution >= 0.6 is 0 Å². The molecular formula is C23H22F5N5O4. The molecule has 2 aromatic heterocycles. The molecule has 0 aromatic carbocycles. The SMILES string of the molecule is CC(=O)Nc1cc2c(cn1)C1(CC1)CN2c1cc(C2=COCC2)nc(C(C)(F)F)n1.O=C(O)C(F)(F)F. The second-order valence-corrected chi connectivity index (χ2v) is 9.02. The molecule has 2 aliphatic heterocycles. The Morgan fingerprint density at radius 3 is 2.35 bits per heavy atom. The summed E-state index contributed by atoms with van der Waals surface area (Å²) < 4.78 is 65.4. The molecule has 14 heteroatoms. The number of aromatic nitrogens is 3. The minimum Gasteiger partial charge on any atom is -0.500 e. The summed E-state index contributed by atoms with van der Waals surface area (Å²) in [4.78, 5) is 35.0. The average molecular weight is 527 g/mol. The van der Waals surface area contributed by atoms with E-state index in [1.54, 1.807) is 24.6 Å². The molecule has 0 unspecified atom stereocenters. The minimum atomic E-state index is -5.08. The molecule has 3 aliphatic rings. The number of alkyl halides is 5. The minimum absolute atomic E-state index is 0.0349. The Morgan fingerprint density at radius 1 is 1.16 bits per heavy atom. The third-order valence-corrected chi connectivity index (χ3v) is 6.03. The summed E-state index contributed by atoms with van der Waals surface area (Å²) in [7, 11) is 0. The van der Waals surface area contributed by atoms with Crippen molar-refractivity contribution >= 4 is 34.8 Å². The van der Waals surface area contributed by atoms with Crippen molar-refractivity contribution < 1.29 is 41.4 Å². The highest BCUT2D eigenvalue weighted by molar-refractivity contribution is 5.89. The zero-order valence-electron chi connectivity index (χ0n) is 19.7. The van der Waals surface area contributed by atoms with E-state index in [4.69, 9.17) is 14.6 Å². The first kappa shape index (κ1) is 26.2. The van der Waals surface area contributed by atoms with Gasteiger partial charge in [0.25, 0.3) is 0 Å². The number of amides is 1. The fourth-order valence-corrected chi connectivity index (χ4v) is 4.09. The molecule has 198 valence electrons. The highest BCUT2D eigenvalue weighted by Crippen LogP contribution is 2.58. The third-order valence-electron chi connectivity index (χ3n) is 6.03. The van der Waals surface area contributed by atoms with Gasteiger partial charge in [-0.25, -0.2) is 19.7 Å². The lowest BCUT2D eigenvalue weighted by Gasteiger charge is -2.22. The molecule has 1 spiro atoms. The molecule has 1 saturated carbocycles. The van der Waals surface area contributed by atoms with E-state index < -0.39 is 23.9 Å². The molecule has 2 aromatic rings. The van der Waals surface area contributed by atoms with Crippen molar-refractivity contribution in [2.24, 2.45) is 0 Å². The number of halogens is 5. The standard InChI is InChI=1S/C21H21F2N5O2.C2HF3O2/c1-12(29)25-17-8-16-14(9-24-17)21(4-5-21)11-28(16)18-7-15(13-3-6-30-10-13)26-19(27-18)20(2,22)23;3-2(4,5)1(6)7/h7-10H,3-6,11H2,1-2H3,(H,24,25,29);(H,6,7). The number of aliphatic carboxylic acids is 1. The van der Waals surface area contributed by atoms with Crippen molar-refractivity contribution in [3.05, 3.63) is 41.7 Å². The number of rotatable bonds is 4. The van der Waals surface area contributed by atoms with Crippen LogP contribution in [0.5, 0.6) is 0 Å². The Hall–Kier alpha value is -3.84. The number of carbonyl (C=O) groups excluding carboxylic acids is 1. The Labute approximate surface area is 207 Å². The maximum Gasteiger partial charge on any atom is 0.490 e. The van der Waals surface area contributed by atoms with Crippen LogP contribution in [0.1, 0.15) is 50.2 Å². The van der Waals surface area contributed by atoms with Crippen LogP contribution < -0.4 is 10.2 Å². The van der Waals surface area contributed by atoms with Gasteiger partial charge in [0.05, 0.1) is 24.3 Å². The predicted octanol–water partition coefficient (Wildman–Crippen LogP) is 4.52. The number of pyridine rings is 1. The number of hydrogen-bond donors (Lipinski definition) is 2. The molecule has 1 fully saturated rings. The number of carboxylic acid groups (broad SMARTS) is 1. The number of nitrogens with one attached hydrogen (secondary N) is 1. The first-order chi connectivity index (χ1) is 17.2. The lowest BCUT2D eigenvalue weighted by Crippen LogP contribution is -2.23. The van der Waals surface area contributed by atoms with Gasteiger partial charge in [0.1, 0.15) is 11.6 Å². The van der Waals surface area contributed by atoms with E-state index in [-0.39, 0.29) is 11.3 Å². The third kappa shape index (κ3) is 5.62. The molecule has 1 amide bonds. The summed E-state index contributed by atoms with van der Waals surface area (Å²) in [5.41, 5.74) is 3.08. The van der Waals surface area contributed by atoms with E-state index >= 15 is 0 Å². The van der Waals surface area contributed by atoms with Crippen LogP contribution in [-0.2, 0) is 25.7 Å². The molecule has 2 N–H and O–H groups in total. The molecule has 0 radical (unpaired) electrons. The number of carboxylic acids is 1. The van der Waals surface area contributed by atoms with Crippen molar-refractivity contribution in [2.45, 2.75) is 50.6 Å². The number of hydrogen-bond acceptors (Lipinski definition) is 7. The number of carbonyl (C=O) groups is 2. The zero-order valence-corrected chi connectivity index (χ0v) is 19.7. The molecule has 4 heterocycles. The van der Waals surface area contributed by atoms with Crippen molar-refractivity contribution in [2.75, 3.05) is 23.4 Å². The van der Waals surface area contributed by atoms with Gasteiger partial charge in [0, 0.05) is 61.7 Å². The Morgan fingerprint density at radius 2 is 1.84 bits per heavy atom. The van der Waals surface area contributed by atoms with Gasteiger partial charge in [-0.1, -0.05) is 0 Å². The van der Waals surface area contributed by atoms with E-state index in [1.807, 2.05) is 4.90 Å². The highest BCUT2D eigenvalue weighted by Gasteiger charge is 2.53.